The van der Waals surface area contributed by atoms with E-state index >= 15 is 0 Å². The van der Waals surface area contributed by atoms with Crippen molar-refractivity contribution in [1.82, 2.24) is 9.97 Å². The Morgan fingerprint density at radius 3 is 2.65 bits per heavy atom. The number of thiazole rings is 1. The first-order chi connectivity index (χ1) is 11.0. The summed E-state index contributed by atoms with van der Waals surface area (Å²) in [6, 6.07) is 10.7. The summed E-state index contributed by atoms with van der Waals surface area (Å²) in [5.41, 5.74) is 2.59. The smallest absolute Gasteiger partial charge is 0.276 e. The zero-order valence-corrected chi connectivity index (χ0v) is 13.4. The van der Waals surface area contributed by atoms with E-state index in [4.69, 9.17) is 0 Å². The molecule has 0 aliphatic heterocycles. The lowest BCUT2D eigenvalue weighted by atomic mass is 10.3. The maximum atomic E-state index is 12.2. The van der Waals surface area contributed by atoms with Gasteiger partial charge in [0.25, 0.3) is 5.91 Å². The number of fused-ring (bicyclic) bond motifs is 1. The molecule has 23 heavy (non-hydrogen) atoms. The molecule has 0 saturated heterocycles. The molecule has 116 valence electrons. The summed E-state index contributed by atoms with van der Waals surface area (Å²) in [4.78, 5) is 31.8. The molecule has 3 rings (SSSR count). The monoisotopic (exact) mass is 326 g/mol. The number of benzene rings is 1. The van der Waals surface area contributed by atoms with Crippen molar-refractivity contribution >= 4 is 44.2 Å². The zero-order chi connectivity index (χ0) is 16.4. The van der Waals surface area contributed by atoms with Crippen LogP contribution in [0.1, 0.15) is 23.1 Å². The molecule has 0 spiro atoms. The number of anilines is 2. The summed E-state index contributed by atoms with van der Waals surface area (Å²) in [6.07, 6.45) is 0. The van der Waals surface area contributed by atoms with Gasteiger partial charge >= 0.3 is 0 Å². The molecule has 0 unspecified atom stereocenters. The summed E-state index contributed by atoms with van der Waals surface area (Å²) in [5, 5.41) is 5.97. The van der Waals surface area contributed by atoms with E-state index in [1.54, 1.807) is 24.3 Å². The molecule has 0 bridgehead atoms. The Labute approximate surface area is 136 Å². The van der Waals surface area contributed by atoms with Crippen LogP contribution < -0.4 is 10.6 Å². The van der Waals surface area contributed by atoms with Gasteiger partial charge in [-0.3, -0.25) is 14.9 Å². The number of nitrogens with zero attached hydrogens (tertiary/aromatic N) is 2. The van der Waals surface area contributed by atoms with Crippen molar-refractivity contribution in [3.05, 3.63) is 47.8 Å². The second-order valence-corrected chi connectivity index (χ2v) is 6.03. The fourth-order valence-electron chi connectivity index (χ4n) is 2.09. The average molecular weight is 326 g/mol. The average Bonchev–Trinajstić information content (AvgIpc) is 2.88. The van der Waals surface area contributed by atoms with Gasteiger partial charge in [0.15, 0.2) is 5.13 Å². The minimum absolute atomic E-state index is 0.132. The number of aromatic nitrogens is 2. The van der Waals surface area contributed by atoms with Crippen molar-refractivity contribution in [3.8, 4) is 0 Å². The number of hydrogen-bond donors (Lipinski definition) is 2. The molecule has 2 amide bonds. The van der Waals surface area contributed by atoms with E-state index in [0.717, 1.165) is 15.9 Å². The van der Waals surface area contributed by atoms with Crippen LogP contribution in [-0.2, 0) is 4.79 Å². The van der Waals surface area contributed by atoms with Crippen LogP contribution in [0, 0.1) is 6.92 Å². The van der Waals surface area contributed by atoms with Crippen LogP contribution >= 0.6 is 11.3 Å². The van der Waals surface area contributed by atoms with E-state index in [-0.39, 0.29) is 11.8 Å². The van der Waals surface area contributed by atoms with Crippen molar-refractivity contribution in [2.45, 2.75) is 13.8 Å². The van der Waals surface area contributed by atoms with Crippen LogP contribution in [0.4, 0.5) is 10.8 Å². The summed E-state index contributed by atoms with van der Waals surface area (Å²) in [6.45, 7) is 3.29. The minimum Gasteiger partial charge on any atom is -0.326 e. The number of aryl methyl sites for hydroxylation is 1. The highest BCUT2D eigenvalue weighted by atomic mass is 32.1. The molecule has 2 aromatic heterocycles. The number of carbonyl (C=O) groups is 2. The molecule has 3 aromatic rings. The van der Waals surface area contributed by atoms with Gasteiger partial charge in [-0.25, -0.2) is 9.97 Å². The Kier molecular flexibility index (Phi) is 4.03. The van der Waals surface area contributed by atoms with Crippen molar-refractivity contribution in [2.75, 3.05) is 10.6 Å². The molecule has 0 aliphatic rings. The predicted octanol–water partition coefficient (Wildman–Crippen LogP) is 3.21. The first kappa shape index (κ1) is 15.1. The topological polar surface area (TPSA) is 84.0 Å². The van der Waals surface area contributed by atoms with Crippen molar-refractivity contribution in [2.24, 2.45) is 0 Å². The molecule has 2 N–H and O–H groups in total. The summed E-state index contributed by atoms with van der Waals surface area (Å²) in [7, 11) is 0. The molecule has 0 aliphatic carbocycles. The van der Waals surface area contributed by atoms with Crippen LogP contribution in [-0.4, -0.2) is 21.8 Å². The number of rotatable bonds is 3. The Hall–Kier alpha value is -2.80. The van der Waals surface area contributed by atoms with Crippen LogP contribution in [0.2, 0.25) is 0 Å². The molecule has 0 radical (unpaired) electrons. The fraction of sp³-hybridized carbons (Fsp3) is 0.125. The van der Waals surface area contributed by atoms with Crippen LogP contribution in [0.25, 0.3) is 10.2 Å². The van der Waals surface area contributed by atoms with Gasteiger partial charge in [0.2, 0.25) is 5.91 Å². The molecule has 7 heteroatoms. The third-order valence-corrected chi connectivity index (χ3v) is 3.98. The Morgan fingerprint density at radius 2 is 1.91 bits per heavy atom. The standard InChI is InChI=1S/C16H14N4O2S/c1-9-4-3-5-13(17-9)15(22)20-16-19-12-7-6-11(18-10(2)21)8-14(12)23-16/h3-8H,1-2H3,(H,18,21)(H,19,20,22). The highest BCUT2D eigenvalue weighted by Crippen LogP contribution is 2.28. The van der Waals surface area contributed by atoms with Crippen LogP contribution in [0.5, 0.6) is 0 Å². The third-order valence-electron chi connectivity index (χ3n) is 3.05. The fourth-order valence-corrected chi connectivity index (χ4v) is 2.99. The maximum absolute atomic E-state index is 12.2. The first-order valence-corrected chi connectivity index (χ1v) is 7.76. The molecule has 0 saturated carbocycles. The largest absolute Gasteiger partial charge is 0.326 e. The third kappa shape index (κ3) is 3.51. The van der Waals surface area contributed by atoms with Gasteiger partial charge in [0.1, 0.15) is 5.69 Å². The van der Waals surface area contributed by atoms with Crippen molar-refractivity contribution in [1.29, 1.82) is 0 Å². The first-order valence-electron chi connectivity index (χ1n) is 6.94. The van der Waals surface area contributed by atoms with Crippen LogP contribution in [0.15, 0.2) is 36.4 Å². The molecular formula is C16H14N4O2S. The lowest BCUT2D eigenvalue weighted by molar-refractivity contribution is -0.114. The van der Waals surface area contributed by atoms with E-state index in [9.17, 15) is 9.59 Å². The van der Waals surface area contributed by atoms with Crippen LogP contribution in [0.3, 0.4) is 0 Å². The van der Waals surface area contributed by atoms with E-state index in [2.05, 4.69) is 20.6 Å². The number of hydrogen-bond acceptors (Lipinski definition) is 5. The van der Waals surface area contributed by atoms with E-state index < -0.39 is 0 Å². The van der Waals surface area contributed by atoms with E-state index in [0.29, 0.717) is 16.5 Å². The van der Waals surface area contributed by atoms with Gasteiger partial charge in [0.05, 0.1) is 10.2 Å². The maximum Gasteiger partial charge on any atom is 0.276 e. The van der Waals surface area contributed by atoms with Crippen molar-refractivity contribution < 1.29 is 9.59 Å². The number of carbonyl (C=O) groups excluding carboxylic acids is 2. The van der Waals surface area contributed by atoms with Gasteiger partial charge in [-0.15, -0.1) is 0 Å². The molecule has 0 fully saturated rings. The van der Waals surface area contributed by atoms with E-state index in [1.165, 1.54) is 18.3 Å². The van der Waals surface area contributed by atoms with E-state index in [1.807, 2.05) is 19.1 Å². The Balaban J connectivity index is 1.83. The lowest BCUT2D eigenvalue weighted by Gasteiger charge is -2.01. The minimum atomic E-state index is -0.296. The van der Waals surface area contributed by atoms with Gasteiger partial charge < -0.3 is 5.32 Å². The van der Waals surface area contributed by atoms with Gasteiger partial charge in [-0.05, 0) is 37.3 Å². The highest BCUT2D eigenvalue weighted by Gasteiger charge is 2.11. The summed E-state index contributed by atoms with van der Waals surface area (Å²) >= 11 is 1.34. The lowest BCUT2D eigenvalue weighted by Crippen LogP contribution is -2.13. The number of amides is 2. The number of pyridine rings is 1. The second kappa shape index (κ2) is 6.13. The molecular weight excluding hydrogens is 312 g/mol. The summed E-state index contributed by atoms with van der Waals surface area (Å²) in [5.74, 6) is -0.428. The molecule has 6 nitrogen and oxygen atoms in total. The highest BCUT2D eigenvalue weighted by molar-refractivity contribution is 7.22. The van der Waals surface area contributed by atoms with Crippen molar-refractivity contribution in [3.63, 3.8) is 0 Å². The summed E-state index contributed by atoms with van der Waals surface area (Å²) < 4.78 is 0.878. The second-order valence-electron chi connectivity index (χ2n) is 5.00. The molecule has 0 atom stereocenters. The quantitative estimate of drug-likeness (QED) is 0.774. The van der Waals surface area contributed by atoms with Gasteiger partial charge in [-0.1, -0.05) is 17.4 Å². The van der Waals surface area contributed by atoms with Gasteiger partial charge in [-0.2, -0.15) is 0 Å². The zero-order valence-electron chi connectivity index (χ0n) is 12.6. The SMILES string of the molecule is CC(=O)Nc1ccc2nc(NC(=O)c3cccc(C)n3)sc2c1. The number of nitrogens with one attached hydrogen (secondary N) is 2. The normalized spacial score (nSPS) is 10.5. The molecule has 1 aromatic carbocycles. The Morgan fingerprint density at radius 1 is 1.09 bits per heavy atom. The Bertz CT molecular complexity index is 904. The molecule has 2 heterocycles. The predicted molar refractivity (Wildman–Crippen MR) is 90.9 cm³/mol. The van der Waals surface area contributed by atoms with Gasteiger partial charge in [0, 0.05) is 18.3 Å².